The molecule has 3 rings (SSSR count). The molecule has 8 nitrogen and oxygen atoms in total. The third-order valence-corrected chi connectivity index (χ3v) is 4.89. The molecule has 0 aliphatic rings. The summed E-state index contributed by atoms with van der Waals surface area (Å²) < 4.78 is 34.1. The number of ether oxygens (including phenoxy) is 4. The van der Waals surface area contributed by atoms with E-state index in [9.17, 15) is 24.2 Å². The number of esters is 2. The summed E-state index contributed by atoms with van der Waals surface area (Å²) in [5, 5.41) is 19.4. The van der Waals surface area contributed by atoms with Gasteiger partial charge in [0.2, 0.25) is 12.6 Å². The molecule has 0 heterocycles. The number of rotatable bonds is 9. The van der Waals surface area contributed by atoms with Crippen LogP contribution in [0.15, 0.2) is 72.6 Å². The highest BCUT2D eigenvalue weighted by Gasteiger charge is 2.17. The van der Waals surface area contributed by atoms with Crippen LogP contribution < -0.4 is 9.47 Å². The minimum absolute atomic E-state index is 0.0637. The van der Waals surface area contributed by atoms with Crippen molar-refractivity contribution in [3.63, 3.8) is 0 Å². The van der Waals surface area contributed by atoms with Gasteiger partial charge in [-0.3, -0.25) is 0 Å². The first-order valence-corrected chi connectivity index (χ1v) is 10.5. The number of hydrogen-bond donors (Lipinski definition) is 2. The smallest absolute Gasteiger partial charge is 0.370 e. The number of benzene rings is 3. The zero-order valence-electron chi connectivity index (χ0n) is 19.4. The monoisotopic (exact) mass is 494 g/mol. The lowest BCUT2D eigenvalue weighted by atomic mass is 10.0. The first kappa shape index (κ1) is 25.8. The highest BCUT2D eigenvalue weighted by Crippen LogP contribution is 2.29. The van der Waals surface area contributed by atoms with Gasteiger partial charge in [-0.05, 0) is 53.1 Å². The van der Waals surface area contributed by atoms with Gasteiger partial charge in [0.1, 0.15) is 0 Å². The first-order chi connectivity index (χ1) is 17.3. The van der Waals surface area contributed by atoms with E-state index in [4.69, 9.17) is 18.9 Å². The van der Waals surface area contributed by atoms with Crippen molar-refractivity contribution in [2.75, 3.05) is 21.0 Å². The number of methoxy groups -OCH3 is 2. The van der Waals surface area contributed by atoms with Crippen molar-refractivity contribution in [2.24, 2.45) is 0 Å². The standard InChI is InChI=1S/C27H23FO8/c1-33-24-14-17(8-10-22(24)29)12-20(19-6-4-3-5-7-19)26(31)35-16-36-27(32)21(28)13-18-9-11-23(30)25(15-18)34-2/h3-15,29-30H,16H2,1-2H3/b20-12+,21-13+. The number of phenolic OH excluding ortho intramolecular Hbond substituents is 2. The fourth-order valence-electron chi connectivity index (χ4n) is 3.10. The molecule has 0 aliphatic carbocycles. The fraction of sp³-hybridized carbons (Fsp3) is 0.111. The molecule has 9 heteroatoms. The van der Waals surface area contributed by atoms with E-state index < -0.39 is 24.6 Å². The van der Waals surface area contributed by atoms with Gasteiger partial charge in [0.15, 0.2) is 23.0 Å². The van der Waals surface area contributed by atoms with Crippen molar-refractivity contribution in [1.82, 2.24) is 0 Å². The zero-order chi connectivity index (χ0) is 26.1. The van der Waals surface area contributed by atoms with Crippen molar-refractivity contribution < 1.29 is 43.1 Å². The fourth-order valence-corrected chi connectivity index (χ4v) is 3.10. The molecule has 0 atom stereocenters. The van der Waals surface area contributed by atoms with E-state index in [-0.39, 0.29) is 34.1 Å². The van der Waals surface area contributed by atoms with Crippen LogP contribution >= 0.6 is 0 Å². The van der Waals surface area contributed by atoms with Crippen LogP contribution in [0.2, 0.25) is 0 Å². The molecule has 0 spiro atoms. The van der Waals surface area contributed by atoms with Gasteiger partial charge < -0.3 is 29.2 Å². The number of hydrogen-bond acceptors (Lipinski definition) is 8. The normalized spacial score (nSPS) is 11.5. The van der Waals surface area contributed by atoms with E-state index in [0.717, 1.165) is 6.08 Å². The van der Waals surface area contributed by atoms with Gasteiger partial charge in [-0.2, -0.15) is 4.39 Å². The van der Waals surface area contributed by atoms with Crippen molar-refractivity contribution in [1.29, 1.82) is 0 Å². The Morgan fingerprint density at radius 2 is 1.31 bits per heavy atom. The molecule has 0 fully saturated rings. The summed E-state index contributed by atoms with van der Waals surface area (Å²) in [5.41, 5.74) is 1.44. The van der Waals surface area contributed by atoms with Crippen LogP contribution in [0.25, 0.3) is 17.7 Å². The van der Waals surface area contributed by atoms with Crippen LogP contribution in [-0.2, 0) is 19.1 Å². The second-order valence-electron chi connectivity index (χ2n) is 7.26. The molecule has 0 aliphatic heterocycles. The largest absolute Gasteiger partial charge is 0.504 e. The summed E-state index contributed by atoms with van der Waals surface area (Å²) in [5.74, 6) is -3.30. The lowest BCUT2D eigenvalue weighted by Gasteiger charge is -2.10. The van der Waals surface area contributed by atoms with Crippen LogP contribution in [0.5, 0.6) is 23.0 Å². The highest BCUT2D eigenvalue weighted by atomic mass is 19.1. The number of carbonyl (C=O) groups excluding carboxylic acids is 2. The average Bonchev–Trinajstić information content (AvgIpc) is 2.89. The summed E-state index contributed by atoms with van der Waals surface area (Å²) >= 11 is 0. The van der Waals surface area contributed by atoms with Gasteiger partial charge in [0.05, 0.1) is 19.8 Å². The molecule has 3 aromatic carbocycles. The van der Waals surface area contributed by atoms with Gasteiger partial charge >= 0.3 is 11.9 Å². The Labute approximate surface area is 206 Å². The number of phenols is 2. The molecule has 0 radical (unpaired) electrons. The van der Waals surface area contributed by atoms with Gasteiger partial charge in [-0.1, -0.05) is 42.5 Å². The number of aromatic hydroxyl groups is 2. The third kappa shape index (κ3) is 6.63. The predicted molar refractivity (Wildman–Crippen MR) is 130 cm³/mol. The maximum atomic E-state index is 14.3. The van der Waals surface area contributed by atoms with E-state index >= 15 is 0 Å². The molecule has 0 amide bonds. The van der Waals surface area contributed by atoms with Crippen LogP contribution in [0.4, 0.5) is 4.39 Å². The van der Waals surface area contributed by atoms with Crippen molar-refractivity contribution in [3.05, 3.63) is 89.2 Å². The van der Waals surface area contributed by atoms with Crippen molar-refractivity contribution >= 4 is 29.7 Å². The lowest BCUT2D eigenvalue weighted by molar-refractivity contribution is -0.161. The zero-order valence-corrected chi connectivity index (χ0v) is 19.4. The lowest BCUT2D eigenvalue weighted by Crippen LogP contribution is -2.14. The summed E-state index contributed by atoms with van der Waals surface area (Å²) in [6, 6.07) is 17.1. The van der Waals surface area contributed by atoms with E-state index in [1.165, 1.54) is 50.6 Å². The van der Waals surface area contributed by atoms with Gasteiger partial charge in [0, 0.05) is 0 Å². The van der Waals surface area contributed by atoms with E-state index in [1.54, 1.807) is 36.4 Å². The van der Waals surface area contributed by atoms with Crippen LogP contribution in [0, 0.1) is 0 Å². The Morgan fingerprint density at radius 1 is 0.778 bits per heavy atom. The Balaban J connectivity index is 1.71. The minimum Gasteiger partial charge on any atom is -0.504 e. The minimum atomic E-state index is -1.34. The van der Waals surface area contributed by atoms with Crippen LogP contribution in [0.3, 0.4) is 0 Å². The predicted octanol–water partition coefficient (Wildman–Crippen LogP) is 4.71. The second-order valence-corrected chi connectivity index (χ2v) is 7.26. The molecule has 0 saturated carbocycles. The second kappa shape index (κ2) is 12.1. The summed E-state index contributed by atoms with van der Waals surface area (Å²) in [7, 11) is 2.73. The quantitative estimate of drug-likeness (QED) is 0.190. The highest BCUT2D eigenvalue weighted by molar-refractivity contribution is 6.21. The van der Waals surface area contributed by atoms with Crippen LogP contribution in [-0.4, -0.2) is 43.2 Å². The Kier molecular flexibility index (Phi) is 8.66. The maximum Gasteiger partial charge on any atom is 0.370 e. The molecule has 0 aromatic heterocycles. The molecule has 186 valence electrons. The van der Waals surface area contributed by atoms with E-state index in [2.05, 4.69) is 0 Å². The summed E-state index contributed by atoms with van der Waals surface area (Å²) in [6.07, 6.45) is 2.40. The number of carbonyl (C=O) groups is 2. The average molecular weight is 494 g/mol. The molecule has 3 aromatic rings. The summed E-state index contributed by atoms with van der Waals surface area (Å²) in [6.45, 7) is -0.832. The number of halogens is 1. The molecule has 36 heavy (non-hydrogen) atoms. The first-order valence-electron chi connectivity index (χ1n) is 10.5. The van der Waals surface area contributed by atoms with E-state index in [0.29, 0.717) is 11.1 Å². The molecule has 0 unspecified atom stereocenters. The summed E-state index contributed by atoms with van der Waals surface area (Å²) in [4.78, 5) is 24.8. The van der Waals surface area contributed by atoms with Gasteiger partial charge in [0.25, 0.3) is 0 Å². The molecular formula is C27H23FO8. The van der Waals surface area contributed by atoms with Crippen molar-refractivity contribution in [3.8, 4) is 23.0 Å². The van der Waals surface area contributed by atoms with Crippen LogP contribution in [0.1, 0.15) is 16.7 Å². The molecule has 0 bridgehead atoms. The topological polar surface area (TPSA) is 112 Å². The van der Waals surface area contributed by atoms with Gasteiger partial charge in [-0.15, -0.1) is 0 Å². The Bertz CT molecular complexity index is 1300. The van der Waals surface area contributed by atoms with Crippen molar-refractivity contribution in [2.45, 2.75) is 0 Å². The molecule has 0 saturated heterocycles. The SMILES string of the molecule is COc1cc(/C=C(/F)C(=O)OCOC(=O)/C(=C/c2ccc(O)c(OC)c2)c2ccccc2)ccc1O. The maximum absolute atomic E-state index is 14.3. The Morgan fingerprint density at radius 3 is 1.86 bits per heavy atom. The molecular weight excluding hydrogens is 471 g/mol. The van der Waals surface area contributed by atoms with Gasteiger partial charge in [-0.25, -0.2) is 9.59 Å². The van der Waals surface area contributed by atoms with E-state index in [1.807, 2.05) is 0 Å². The molecule has 2 N–H and O–H groups in total. The third-order valence-electron chi connectivity index (χ3n) is 4.89. The Hall–Kier alpha value is -4.79.